The second-order valence-corrected chi connectivity index (χ2v) is 6.79. The fourth-order valence-electron chi connectivity index (χ4n) is 2.45. The number of alkyl carbamates (subject to hydrolysis) is 1. The number of ether oxygens (including phenoxy) is 1. The Kier molecular flexibility index (Phi) is 4.23. The Morgan fingerprint density at radius 3 is 2.96 bits per heavy atom. The molecular weight excluding hydrogens is 326 g/mol. The molecule has 0 radical (unpaired) electrons. The summed E-state index contributed by atoms with van der Waals surface area (Å²) < 4.78 is 7.71. The Balaban J connectivity index is 1.85. The van der Waals surface area contributed by atoms with E-state index in [4.69, 9.17) is 17.0 Å². The molecule has 0 aliphatic heterocycles. The minimum absolute atomic E-state index is 0.396. The zero-order valence-corrected chi connectivity index (χ0v) is 14.6. The monoisotopic (exact) mass is 345 g/mol. The molecular formula is C16H19N5O2S. The van der Waals surface area contributed by atoms with E-state index in [1.165, 1.54) is 0 Å². The maximum Gasteiger partial charge on any atom is 0.407 e. The van der Waals surface area contributed by atoms with Gasteiger partial charge in [-0.15, -0.1) is 0 Å². The van der Waals surface area contributed by atoms with E-state index in [0.717, 1.165) is 22.1 Å². The summed E-state index contributed by atoms with van der Waals surface area (Å²) in [6.07, 6.45) is 3.02. The fraction of sp³-hybridized carbons (Fsp3) is 0.375. The largest absolute Gasteiger partial charge is 0.444 e. The van der Waals surface area contributed by atoms with Crippen molar-refractivity contribution < 1.29 is 9.53 Å². The van der Waals surface area contributed by atoms with Gasteiger partial charge in [0.05, 0.1) is 22.7 Å². The van der Waals surface area contributed by atoms with Gasteiger partial charge in [0.1, 0.15) is 11.1 Å². The number of rotatable bonds is 3. The Bertz CT molecular complexity index is 954. The first-order valence-electron chi connectivity index (χ1n) is 7.64. The number of nitrogens with zero attached hydrogens (tertiary/aromatic N) is 3. The first kappa shape index (κ1) is 16.4. The van der Waals surface area contributed by atoms with Gasteiger partial charge in [-0.1, -0.05) is 0 Å². The van der Waals surface area contributed by atoms with Crippen molar-refractivity contribution >= 4 is 40.4 Å². The SMILES string of the molecule is CC(C)(C)OC(=O)NCCn1c(=S)[nH]c2cnc3cccnc3c21. The number of pyridine rings is 2. The van der Waals surface area contributed by atoms with E-state index in [-0.39, 0.29) is 0 Å². The number of amides is 1. The average molecular weight is 345 g/mol. The van der Waals surface area contributed by atoms with Gasteiger partial charge in [0.25, 0.3) is 0 Å². The van der Waals surface area contributed by atoms with Crippen LogP contribution in [-0.2, 0) is 11.3 Å². The lowest BCUT2D eigenvalue weighted by atomic mass is 10.2. The number of fused-ring (bicyclic) bond motifs is 3. The van der Waals surface area contributed by atoms with Crippen LogP contribution < -0.4 is 5.32 Å². The fourth-order valence-corrected chi connectivity index (χ4v) is 2.75. The maximum atomic E-state index is 11.7. The molecule has 1 amide bonds. The van der Waals surface area contributed by atoms with E-state index in [0.29, 0.717) is 17.9 Å². The Morgan fingerprint density at radius 1 is 1.42 bits per heavy atom. The summed E-state index contributed by atoms with van der Waals surface area (Å²) >= 11 is 5.39. The zero-order chi connectivity index (χ0) is 17.3. The molecule has 126 valence electrons. The van der Waals surface area contributed by atoms with E-state index in [2.05, 4.69) is 20.3 Å². The zero-order valence-electron chi connectivity index (χ0n) is 13.8. The van der Waals surface area contributed by atoms with E-state index in [1.54, 1.807) is 12.4 Å². The van der Waals surface area contributed by atoms with Crippen LogP contribution >= 0.6 is 12.2 Å². The highest BCUT2D eigenvalue weighted by Gasteiger charge is 2.16. The third-order valence-electron chi connectivity index (χ3n) is 3.36. The summed E-state index contributed by atoms with van der Waals surface area (Å²) in [5.41, 5.74) is 2.76. The van der Waals surface area contributed by atoms with Gasteiger partial charge in [-0.2, -0.15) is 0 Å². The summed E-state index contributed by atoms with van der Waals surface area (Å²) in [7, 11) is 0. The number of imidazole rings is 1. The van der Waals surface area contributed by atoms with Crippen molar-refractivity contribution in [3.05, 3.63) is 29.3 Å². The molecule has 8 heteroatoms. The van der Waals surface area contributed by atoms with Gasteiger partial charge in [0.15, 0.2) is 4.77 Å². The molecule has 3 aromatic rings. The van der Waals surface area contributed by atoms with E-state index < -0.39 is 11.7 Å². The number of carbonyl (C=O) groups is 1. The van der Waals surface area contributed by atoms with Crippen molar-refractivity contribution in [3.8, 4) is 0 Å². The molecule has 2 N–H and O–H groups in total. The van der Waals surface area contributed by atoms with Crippen molar-refractivity contribution in [1.82, 2.24) is 24.8 Å². The number of hydrogen-bond donors (Lipinski definition) is 2. The van der Waals surface area contributed by atoms with Crippen LogP contribution in [0.15, 0.2) is 24.5 Å². The van der Waals surface area contributed by atoms with E-state index >= 15 is 0 Å². The molecule has 0 spiro atoms. The average Bonchev–Trinajstić information content (AvgIpc) is 2.82. The summed E-state index contributed by atoms with van der Waals surface area (Å²) in [6.45, 7) is 6.38. The lowest BCUT2D eigenvalue weighted by Crippen LogP contribution is -2.34. The lowest BCUT2D eigenvalue weighted by molar-refractivity contribution is 0.0526. The van der Waals surface area contributed by atoms with Gasteiger partial charge >= 0.3 is 6.09 Å². The highest BCUT2D eigenvalue weighted by atomic mass is 32.1. The summed E-state index contributed by atoms with van der Waals surface area (Å²) in [6, 6.07) is 3.75. The number of nitrogens with one attached hydrogen (secondary N) is 2. The first-order valence-corrected chi connectivity index (χ1v) is 8.05. The van der Waals surface area contributed by atoms with Crippen molar-refractivity contribution in [1.29, 1.82) is 0 Å². The number of aromatic amines is 1. The van der Waals surface area contributed by atoms with E-state index in [9.17, 15) is 4.79 Å². The number of hydrogen-bond acceptors (Lipinski definition) is 5. The predicted octanol–water partition coefficient (Wildman–Crippen LogP) is 3.17. The maximum absolute atomic E-state index is 11.7. The Labute approximate surface area is 144 Å². The van der Waals surface area contributed by atoms with Crippen LogP contribution in [-0.4, -0.2) is 37.8 Å². The molecule has 0 bridgehead atoms. The smallest absolute Gasteiger partial charge is 0.407 e. The molecule has 7 nitrogen and oxygen atoms in total. The molecule has 24 heavy (non-hydrogen) atoms. The van der Waals surface area contributed by atoms with Crippen LogP contribution in [0.2, 0.25) is 0 Å². The van der Waals surface area contributed by atoms with E-state index in [1.807, 2.05) is 37.5 Å². The normalized spacial score (nSPS) is 11.8. The second-order valence-electron chi connectivity index (χ2n) is 6.40. The van der Waals surface area contributed by atoms with Gasteiger partial charge in [0.2, 0.25) is 0 Å². The third-order valence-corrected chi connectivity index (χ3v) is 3.68. The molecule has 3 heterocycles. The van der Waals surface area contributed by atoms with Crippen LogP contribution in [0.4, 0.5) is 4.79 Å². The highest BCUT2D eigenvalue weighted by Crippen LogP contribution is 2.21. The lowest BCUT2D eigenvalue weighted by Gasteiger charge is -2.19. The minimum Gasteiger partial charge on any atom is -0.444 e. The highest BCUT2D eigenvalue weighted by molar-refractivity contribution is 7.71. The quantitative estimate of drug-likeness (QED) is 0.712. The summed E-state index contributed by atoms with van der Waals surface area (Å²) in [5, 5.41) is 2.74. The molecule has 3 rings (SSSR count). The molecule has 0 aliphatic carbocycles. The molecule has 0 saturated carbocycles. The first-order chi connectivity index (χ1) is 11.3. The molecule has 0 fully saturated rings. The standard InChI is InChI=1S/C16H19N5O2S/c1-16(2,3)23-15(22)18-7-8-21-13-11(20-14(21)24)9-19-10-5-4-6-17-12(10)13/h4-6,9H,7-8H2,1-3H3,(H,18,22)(H,20,24). The second kappa shape index (κ2) is 6.20. The van der Waals surface area contributed by atoms with Gasteiger partial charge in [-0.3, -0.25) is 9.97 Å². The van der Waals surface area contributed by atoms with Gasteiger partial charge in [0, 0.05) is 19.3 Å². The van der Waals surface area contributed by atoms with Crippen LogP contribution in [0.25, 0.3) is 22.1 Å². The van der Waals surface area contributed by atoms with Gasteiger partial charge < -0.3 is 19.6 Å². The molecule has 0 unspecified atom stereocenters. The van der Waals surface area contributed by atoms with Crippen LogP contribution in [0.3, 0.4) is 0 Å². The molecule has 0 aliphatic rings. The molecule has 0 atom stereocenters. The van der Waals surface area contributed by atoms with Gasteiger partial charge in [-0.25, -0.2) is 4.79 Å². The van der Waals surface area contributed by atoms with Crippen LogP contribution in [0, 0.1) is 4.77 Å². The summed E-state index contributed by atoms with van der Waals surface area (Å²) in [4.78, 5) is 23.7. The summed E-state index contributed by atoms with van der Waals surface area (Å²) in [5.74, 6) is 0. The molecule has 0 aromatic carbocycles. The van der Waals surface area contributed by atoms with Crippen molar-refractivity contribution in [2.75, 3.05) is 6.54 Å². The Hall–Kier alpha value is -2.48. The van der Waals surface area contributed by atoms with Crippen molar-refractivity contribution in [2.45, 2.75) is 32.9 Å². The van der Waals surface area contributed by atoms with Crippen LogP contribution in [0.1, 0.15) is 20.8 Å². The van der Waals surface area contributed by atoms with Crippen molar-refractivity contribution in [2.24, 2.45) is 0 Å². The molecule has 0 saturated heterocycles. The van der Waals surface area contributed by atoms with Crippen molar-refractivity contribution in [3.63, 3.8) is 0 Å². The van der Waals surface area contributed by atoms with Gasteiger partial charge in [-0.05, 0) is 45.1 Å². The molecule has 3 aromatic heterocycles. The third kappa shape index (κ3) is 3.38. The number of carbonyl (C=O) groups excluding carboxylic acids is 1. The van der Waals surface area contributed by atoms with Crippen LogP contribution in [0.5, 0.6) is 0 Å². The Morgan fingerprint density at radius 2 is 2.21 bits per heavy atom. The number of H-pyrrole nitrogens is 1. The topological polar surface area (TPSA) is 84.8 Å². The predicted molar refractivity (Wildman–Crippen MR) is 94.5 cm³/mol. The minimum atomic E-state index is -0.521. The number of aromatic nitrogens is 4.